The van der Waals surface area contributed by atoms with Crippen LogP contribution in [0, 0.1) is 19.8 Å². The Morgan fingerprint density at radius 2 is 1.76 bits per heavy atom. The van der Waals surface area contributed by atoms with Crippen molar-refractivity contribution in [3.63, 3.8) is 0 Å². The Morgan fingerprint density at radius 1 is 1.14 bits per heavy atom. The van der Waals surface area contributed by atoms with Crippen LogP contribution >= 0.6 is 0 Å². The van der Waals surface area contributed by atoms with Crippen molar-refractivity contribution in [3.8, 4) is 0 Å². The summed E-state index contributed by atoms with van der Waals surface area (Å²) in [6.07, 6.45) is 7.83. The summed E-state index contributed by atoms with van der Waals surface area (Å²) < 4.78 is 23.1. The molecule has 1 saturated carbocycles. The van der Waals surface area contributed by atoms with Gasteiger partial charge in [-0.25, -0.2) is 13.6 Å². The number of anilines is 1. The fraction of sp³-hybridized carbons (Fsp3) is 0.625. The van der Waals surface area contributed by atoms with E-state index in [1.165, 1.54) is 38.5 Å². The molecule has 1 aromatic rings. The molecule has 1 aliphatic rings. The van der Waals surface area contributed by atoms with E-state index in [9.17, 15) is 8.42 Å². The Balaban J connectivity index is 2.13. The molecule has 1 aliphatic carbocycles. The van der Waals surface area contributed by atoms with E-state index in [0.29, 0.717) is 5.92 Å². The number of aryl methyl sites for hydroxylation is 1. The Kier molecular flexibility index (Phi) is 5.27. The minimum atomic E-state index is -3.65. The van der Waals surface area contributed by atoms with Crippen LogP contribution in [0.1, 0.15) is 49.7 Å². The molecule has 0 amide bonds. The topological polar surface area (TPSA) is 72.2 Å². The van der Waals surface area contributed by atoms with E-state index in [0.717, 1.165) is 23.4 Å². The highest BCUT2D eigenvalue weighted by Gasteiger charge is 2.15. The van der Waals surface area contributed by atoms with Crippen molar-refractivity contribution >= 4 is 15.7 Å². The smallest absolute Gasteiger partial charge is 0.238 e. The third-order valence-electron chi connectivity index (χ3n) is 4.53. The molecule has 0 atom stereocenters. The second-order valence-corrected chi connectivity index (χ2v) is 7.76. The minimum Gasteiger partial charge on any atom is -0.385 e. The van der Waals surface area contributed by atoms with Crippen LogP contribution in [0.5, 0.6) is 0 Å². The quantitative estimate of drug-likeness (QED) is 0.838. The van der Waals surface area contributed by atoms with Gasteiger partial charge in [0, 0.05) is 12.2 Å². The Bertz CT molecular complexity index is 589. The summed E-state index contributed by atoms with van der Waals surface area (Å²) in [5.41, 5.74) is 2.93. The van der Waals surface area contributed by atoms with E-state index >= 15 is 0 Å². The fourth-order valence-electron chi connectivity index (χ4n) is 3.00. The number of nitrogens with two attached hydrogens (primary N) is 1. The predicted octanol–water partition coefficient (Wildman–Crippen LogP) is 3.33. The number of nitrogens with one attached hydrogen (secondary N) is 1. The molecular weight excluding hydrogens is 284 g/mol. The summed E-state index contributed by atoms with van der Waals surface area (Å²) in [5.74, 6) is 0.686. The van der Waals surface area contributed by atoms with Gasteiger partial charge in [-0.2, -0.15) is 0 Å². The van der Waals surface area contributed by atoms with Crippen LogP contribution < -0.4 is 10.5 Å². The lowest BCUT2D eigenvalue weighted by molar-refractivity contribution is 0.483. The number of hydrogen-bond acceptors (Lipinski definition) is 3. The van der Waals surface area contributed by atoms with Gasteiger partial charge in [-0.05, 0) is 55.9 Å². The number of rotatable bonds is 4. The zero-order chi connectivity index (χ0) is 15.5. The van der Waals surface area contributed by atoms with Gasteiger partial charge in [0.15, 0.2) is 0 Å². The molecular formula is C16H26N2O2S. The van der Waals surface area contributed by atoms with E-state index in [1.807, 2.05) is 13.8 Å². The van der Waals surface area contributed by atoms with Crippen LogP contribution in [0.4, 0.5) is 5.69 Å². The molecule has 0 bridgehead atoms. The van der Waals surface area contributed by atoms with Crippen molar-refractivity contribution in [2.24, 2.45) is 11.1 Å². The van der Waals surface area contributed by atoms with E-state index in [-0.39, 0.29) is 4.90 Å². The van der Waals surface area contributed by atoms with Crippen LogP contribution in [0.15, 0.2) is 17.0 Å². The van der Waals surface area contributed by atoms with Crippen LogP contribution in [0.2, 0.25) is 0 Å². The first kappa shape index (κ1) is 16.3. The van der Waals surface area contributed by atoms with Crippen molar-refractivity contribution in [1.82, 2.24) is 0 Å². The van der Waals surface area contributed by atoms with Crippen molar-refractivity contribution in [3.05, 3.63) is 23.3 Å². The highest BCUT2D eigenvalue weighted by molar-refractivity contribution is 7.89. The first-order valence-electron chi connectivity index (χ1n) is 7.76. The van der Waals surface area contributed by atoms with E-state index < -0.39 is 10.0 Å². The SMILES string of the molecule is Cc1cc(S(N)(=O)=O)cc(NCC2CCCCCC2)c1C. The van der Waals surface area contributed by atoms with Gasteiger partial charge in [0.2, 0.25) is 10.0 Å². The van der Waals surface area contributed by atoms with Gasteiger partial charge in [0.25, 0.3) is 0 Å². The third-order valence-corrected chi connectivity index (χ3v) is 5.42. The summed E-state index contributed by atoms with van der Waals surface area (Å²) in [4.78, 5) is 0.189. The predicted molar refractivity (Wildman–Crippen MR) is 87.0 cm³/mol. The molecule has 0 aromatic heterocycles. The van der Waals surface area contributed by atoms with Crippen LogP contribution in [0.25, 0.3) is 0 Å². The highest BCUT2D eigenvalue weighted by Crippen LogP contribution is 2.26. The van der Waals surface area contributed by atoms with E-state index in [4.69, 9.17) is 5.14 Å². The monoisotopic (exact) mass is 310 g/mol. The largest absolute Gasteiger partial charge is 0.385 e. The number of sulfonamides is 1. The highest BCUT2D eigenvalue weighted by atomic mass is 32.2. The third kappa shape index (κ3) is 4.45. The fourth-order valence-corrected chi connectivity index (χ4v) is 3.62. The average Bonchev–Trinajstić information content (AvgIpc) is 2.67. The first-order valence-corrected chi connectivity index (χ1v) is 9.30. The van der Waals surface area contributed by atoms with Gasteiger partial charge in [0.05, 0.1) is 4.90 Å². The molecule has 0 heterocycles. The summed E-state index contributed by atoms with van der Waals surface area (Å²) in [5, 5.41) is 8.69. The van der Waals surface area contributed by atoms with Crippen molar-refractivity contribution in [2.75, 3.05) is 11.9 Å². The molecule has 0 spiro atoms. The van der Waals surface area contributed by atoms with E-state index in [2.05, 4.69) is 5.32 Å². The molecule has 0 aliphatic heterocycles. The molecule has 1 aromatic carbocycles. The van der Waals surface area contributed by atoms with Gasteiger partial charge in [-0.15, -0.1) is 0 Å². The second kappa shape index (κ2) is 6.79. The number of hydrogen-bond donors (Lipinski definition) is 2. The van der Waals surface area contributed by atoms with Crippen molar-refractivity contribution in [2.45, 2.75) is 57.3 Å². The Hall–Kier alpha value is -1.07. The second-order valence-electron chi connectivity index (χ2n) is 6.20. The molecule has 0 radical (unpaired) electrons. The molecule has 5 heteroatoms. The maximum Gasteiger partial charge on any atom is 0.238 e. The zero-order valence-electron chi connectivity index (χ0n) is 13.0. The molecule has 2 rings (SSSR count). The Morgan fingerprint density at radius 3 is 2.33 bits per heavy atom. The number of primary sulfonamides is 1. The molecule has 3 N–H and O–H groups in total. The van der Waals surface area contributed by atoms with Gasteiger partial charge in [-0.3, -0.25) is 0 Å². The van der Waals surface area contributed by atoms with Gasteiger partial charge >= 0.3 is 0 Å². The van der Waals surface area contributed by atoms with Crippen molar-refractivity contribution < 1.29 is 8.42 Å². The van der Waals surface area contributed by atoms with Crippen LogP contribution in [-0.4, -0.2) is 15.0 Å². The summed E-state index contributed by atoms with van der Waals surface area (Å²) in [6.45, 7) is 4.84. The standard InChI is InChI=1S/C16H26N2O2S/c1-12-9-15(21(17,19)20)10-16(13(12)2)18-11-14-7-5-3-4-6-8-14/h9-10,14,18H,3-8,11H2,1-2H3,(H2,17,19,20). The van der Waals surface area contributed by atoms with Crippen LogP contribution in [-0.2, 0) is 10.0 Å². The summed E-state index contributed by atoms with van der Waals surface area (Å²) in [7, 11) is -3.65. The normalized spacial score (nSPS) is 17.5. The lowest BCUT2D eigenvalue weighted by atomic mass is 10.00. The molecule has 0 saturated heterocycles. The maximum absolute atomic E-state index is 11.6. The molecule has 4 nitrogen and oxygen atoms in total. The van der Waals surface area contributed by atoms with Gasteiger partial charge in [0.1, 0.15) is 0 Å². The lowest BCUT2D eigenvalue weighted by Gasteiger charge is -2.18. The average molecular weight is 310 g/mol. The van der Waals surface area contributed by atoms with Crippen LogP contribution in [0.3, 0.4) is 0 Å². The van der Waals surface area contributed by atoms with Gasteiger partial charge < -0.3 is 5.32 Å². The molecule has 0 unspecified atom stereocenters. The van der Waals surface area contributed by atoms with E-state index in [1.54, 1.807) is 12.1 Å². The first-order chi connectivity index (χ1) is 9.88. The minimum absolute atomic E-state index is 0.189. The lowest BCUT2D eigenvalue weighted by Crippen LogP contribution is -2.16. The summed E-state index contributed by atoms with van der Waals surface area (Å²) >= 11 is 0. The molecule has 1 fully saturated rings. The number of benzene rings is 1. The maximum atomic E-state index is 11.6. The molecule has 118 valence electrons. The Labute approximate surface area is 128 Å². The summed E-state index contributed by atoms with van der Waals surface area (Å²) in [6, 6.07) is 3.30. The van der Waals surface area contributed by atoms with Gasteiger partial charge in [-0.1, -0.05) is 25.7 Å². The zero-order valence-corrected chi connectivity index (χ0v) is 13.8. The van der Waals surface area contributed by atoms with Crippen molar-refractivity contribution in [1.29, 1.82) is 0 Å². The molecule has 21 heavy (non-hydrogen) atoms.